The predicted molar refractivity (Wildman–Crippen MR) is 109 cm³/mol. The van der Waals surface area contributed by atoms with Crippen LogP contribution in [0.2, 0.25) is 0 Å². The van der Waals surface area contributed by atoms with Crippen molar-refractivity contribution in [1.29, 1.82) is 0 Å². The Balaban J connectivity index is 1.43. The van der Waals surface area contributed by atoms with E-state index in [-0.39, 0.29) is 35.6 Å². The number of carbonyl (C=O) groups is 2. The molecule has 1 aliphatic carbocycles. The Morgan fingerprint density at radius 3 is 2.43 bits per heavy atom. The fourth-order valence-electron chi connectivity index (χ4n) is 4.55. The van der Waals surface area contributed by atoms with Crippen LogP contribution in [0.25, 0.3) is 5.52 Å². The van der Waals surface area contributed by atoms with Gasteiger partial charge in [0.2, 0.25) is 5.91 Å². The number of piperidine rings is 1. The molecule has 8 heteroatoms. The van der Waals surface area contributed by atoms with Crippen molar-refractivity contribution < 1.29 is 18.7 Å². The smallest absolute Gasteiger partial charge is 0.410 e. The van der Waals surface area contributed by atoms with Gasteiger partial charge in [-0.05, 0) is 65.5 Å². The van der Waals surface area contributed by atoms with Crippen LogP contribution in [0.5, 0.6) is 0 Å². The van der Waals surface area contributed by atoms with Crippen LogP contribution in [0.3, 0.4) is 0 Å². The molecule has 30 heavy (non-hydrogen) atoms. The molecule has 1 unspecified atom stereocenters. The number of carbonyl (C=O) groups excluding carboxylic acids is 2. The number of aryl methyl sites for hydroxylation is 1. The SMILES string of the molecule is Cc1nc(C(C)(C)NC(=O)C2[C@H]3CN(C(=O)OC(C)(C)C)C[C@@H]23)n2cccc(F)c12. The highest BCUT2D eigenvalue weighted by Gasteiger charge is 2.61. The van der Waals surface area contributed by atoms with Gasteiger partial charge in [0.15, 0.2) is 0 Å². The van der Waals surface area contributed by atoms with Gasteiger partial charge in [-0.2, -0.15) is 0 Å². The van der Waals surface area contributed by atoms with Crippen LogP contribution in [-0.2, 0) is 15.1 Å². The van der Waals surface area contributed by atoms with E-state index < -0.39 is 11.1 Å². The van der Waals surface area contributed by atoms with Gasteiger partial charge < -0.3 is 15.0 Å². The summed E-state index contributed by atoms with van der Waals surface area (Å²) in [7, 11) is 0. The van der Waals surface area contributed by atoms with Gasteiger partial charge in [-0.3, -0.25) is 9.20 Å². The summed E-state index contributed by atoms with van der Waals surface area (Å²) >= 11 is 0. The third-order valence-corrected chi connectivity index (χ3v) is 5.93. The lowest BCUT2D eigenvalue weighted by Gasteiger charge is -2.27. The number of fused-ring (bicyclic) bond motifs is 2. The lowest BCUT2D eigenvalue weighted by Crippen LogP contribution is -2.45. The van der Waals surface area contributed by atoms with E-state index in [2.05, 4.69) is 10.3 Å². The number of pyridine rings is 1. The third-order valence-electron chi connectivity index (χ3n) is 5.93. The van der Waals surface area contributed by atoms with Crippen LogP contribution in [0, 0.1) is 30.5 Å². The van der Waals surface area contributed by atoms with Crippen LogP contribution < -0.4 is 5.32 Å². The number of hydrogen-bond donors (Lipinski definition) is 1. The Morgan fingerprint density at radius 2 is 1.83 bits per heavy atom. The van der Waals surface area contributed by atoms with Crippen LogP contribution in [0.1, 0.15) is 46.1 Å². The summed E-state index contributed by atoms with van der Waals surface area (Å²) in [6.07, 6.45) is 1.43. The molecule has 2 fully saturated rings. The number of nitrogens with one attached hydrogen (secondary N) is 1. The number of imidazole rings is 1. The highest BCUT2D eigenvalue weighted by molar-refractivity contribution is 5.84. The molecule has 2 aromatic heterocycles. The summed E-state index contributed by atoms with van der Waals surface area (Å²) in [5, 5.41) is 3.09. The maximum atomic E-state index is 14.2. The molecule has 3 heterocycles. The lowest BCUT2D eigenvalue weighted by molar-refractivity contribution is -0.125. The molecule has 2 amide bonds. The number of ether oxygens (including phenoxy) is 1. The van der Waals surface area contributed by atoms with E-state index in [9.17, 15) is 14.0 Å². The lowest BCUT2D eigenvalue weighted by atomic mass is 10.0. The zero-order chi connectivity index (χ0) is 22.0. The van der Waals surface area contributed by atoms with Gasteiger partial charge in [0.25, 0.3) is 0 Å². The average Bonchev–Trinajstić information content (AvgIpc) is 2.95. The summed E-state index contributed by atoms with van der Waals surface area (Å²) in [6.45, 7) is 12.1. The van der Waals surface area contributed by atoms with E-state index in [1.807, 2.05) is 34.6 Å². The maximum Gasteiger partial charge on any atom is 0.410 e. The van der Waals surface area contributed by atoms with Gasteiger partial charge in [0.1, 0.15) is 22.8 Å². The number of rotatable bonds is 3. The van der Waals surface area contributed by atoms with E-state index in [0.29, 0.717) is 30.1 Å². The third kappa shape index (κ3) is 3.52. The zero-order valence-corrected chi connectivity index (χ0v) is 18.3. The van der Waals surface area contributed by atoms with Crippen molar-refractivity contribution >= 4 is 17.5 Å². The summed E-state index contributed by atoms with van der Waals surface area (Å²) in [6, 6.07) is 3.03. The second-order valence-corrected chi connectivity index (χ2v) is 9.95. The molecule has 4 rings (SSSR count). The predicted octanol–water partition coefficient (Wildman–Crippen LogP) is 3.25. The van der Waals surface area contributed by atoms with Crippen molar-refractivity contribution in [3.8, 4) is 0 Å². The van der Waals surface area contributed by atoms with Crippen molar-refractivity contribution in [1.82, 2.24) is 19.6 Å². The van der Waals surface area contributed by atoms with Gasteiger partial charge >= 0.3 is 6.09 Å². The molecule has 7 nitrogen and oxygen atoms in total. The van der Waals surface area contributed by atoms with Crippen LogP contribution in [-0.4, -0.2) is 45.0 Å². The number of nitrogens with zero attached hydrogens (tertiary/aromatic N) is 3. The molecule has 0 radical (unpaired) electrons. The number of likely N-dealkylation sites (tertiary alicyclic amines) is 1. The van der Waals surface area contributed by atoms with Crippen molar-refractivity contribution in [3.05, 3.63) is 35.7 Å². The molecular weight excluding hydrogens is 387 g/mol. The first-order chi connectivity index (χ1) is 13.9. The van der Waals surface area contributed by atoms with E-state index >= 15 is 0 Å². The Bertz CT molecular complexity index is 1010. The molecule has 3 atom stereocenters. The second kappa shape index (κ2) is 6.68. The molecular formula is C22H29FN4O3. The molecule has 1 N–H and O–H groups in total. The zero-order valence-electron chi connectivity index (χ0n) is 18.3. The molecule has 2 aliphatic rings. The van der Waals surface area contributed by atoms with Crippen LogP contribution in [0.15, 0.2) is 18.3 Å². The second-order valence-electron chi connectivity index (χ2n) is 9.95. The number of amides is 2. The summed E-state index contributed by atoms with van der Waals surface area (Å²) in [5.41, 5.74) is -0.299. The molecule has 0 bridgehead atoms. The van der Waals surface area contributed by atoms with E-state index in [0.717, 1.165) is 0 Å². The van der Waals surface area contributed by atoms with Crippen molar-refractivity contribution in [2.75, 3.05) is 13.1 Å². The van der Waals surface area contributed by atoms with E-state index in [1.54, 1.807) is 28.5 Å². The molecule has 1 saturated carbocycles. The molecule has 162 valence electrons. The molecule has 0 aromatic carbocycles. The summed E-state index contributed by atoms with van der Waals surface area (Å²) in [5.74, 6) is 0.393. The fraction of sp³-hybridized carbons (Fsp3) is 0.591. The van der Waals surface area contributed by atoms with Gasteiger partial charge in [0, 0.05) is 25.2 Å². The van der Waals surface area contributed by atoms with Gasteiger partial charge in [-0.25, -0.2) is 14.2 Å². The highest BCUT2D eigenvalue weighted by Crippen LogP contribution is 2.52. The standard InChI is InChI=1S/C22H29FN4O3/c1-12-17-15(23)8-7-9-27(17)19(24-12)22(5,6)25-18(28)16-13-10-26(11-14(13)16)20(29)30-21(2,3)4/h7-9,13-14,16H,10-11H2,1-6H3,(H,25,28)/t13-,14+,16?. The number of aromatic nitrogens is 2. The van der Waals surface area contributed by atoms with Gasteiger partial charge in [-0.1, -0.05) is 0 Å². The minimum Gasteiger partial charge on any atom is -0.444 e. The number of halogens is 1. The Morgan fingerprint density at radius 1 is 1.20 bits per heavy atom. The molecule has 0 spiro atoms. The largest absolute Gasteiger partial charge is 0.444 e. The van der Waals surface area contributed by atoms with Crippen molar-refractivity contribution in [3.63, 3.8) is 0 Å². The maximum absolute atomic E-state index is 14.2. The quantitative estimate of drug-likeness (QED) is 0.833. The van der Waals surface area contributed by atoms with Crippen molar-refractivity contribution in [2.24, 2.45) is 17.8 Å². The number of hydrogen-bond acceptors (Lipinski definition) is 4. The Labute approximate surface area is 175 Å². The minimum absolute atomic E-state index is 0.0513. The first kappa shape index (κ1) is 20.6. The Kier molecular flexibility index (Phi) is 4.60. The monoisotopic (exact) mass is 416 g/mol. The first-order valence-electron chi connectivity index (χ1n) is 10.3. The summed E-state index contributed by atoms with van der Waals surface area (Å²) in [4.78, 5) is 31.4. The molecule has 1 aliphatic heterocycles. The van der Waals surface area contributed by atoms with Gasteiger partial charge in [-0.15, -0.1) is 0 Å². The fourth-order valence-corrected chi connectivity index (χ4v) is 4.55. The summed E-state index contributed by atoms with van der Waals surface area (Å²) < 4.78 is 21.3. The Hall–Kier alpha value is -2.64. The normalized spacial score (nSPS) is 23.4. The average molecular weight is 416 g/mol. The highest BCUT2D eigenvalue weighted by atomic mass is 19.1. The topological polar surface area (TPSA) is 75.9 Å². The van der Waals surface area contributed by atoms with Crippen LogP contribution in [0.4, 0.5) is 9.18 Å². The first-order valence-corrected chi connectivity index (χ1v) is 10.3. The van der Waals surface area contributed by atoms with Gasteiger partial charge in [0.05, 0.1) is 11.2 Å². The van der Waals surface area contributed by atoms with E-state index in [1.165, 1.54) is 6.07 Å². The van der Waals surface area contributed by atoms with Crippen LogP contribution >= 0.6 is 0 Å². The van der Waals surface area contributed by atoms with Crippen molar-refractivity contribution in [2.45, 2.75) is 52.7 Å². The molecule has 2 aromatic rings. The minimum atomic E-state index is -0.774. The van der Waals surface area contributed by atoms with E-state index in [4.69, 9.17) is 4.74 Å². The molecule has 1 saturated heterocycles.